The SMILES string of the molecule is FC(F)(F)C(Br)c1cc(Br)ccc1Br. The van der Waals surface area contributed by atoms with E-state index in [-0.39, 0.29) is 5.56 Å². The summed E-state index contributed by atoms with van der Waals surface area (Å²) in [7, 11) is 0. The van der Waals surface area contributed by atoms with Crippen LogP contribution in [0.15, 0.2) is 27.1 Å². The van der Waals surface area contributed by atoms with Crippen molar-refractivity contribution in [3.05, 3.63) is 32.7 Å². The van der Waals surface area contributed by atoms with E-state index in [9.17, 15) is 13.2 Å². The van der Waals surface area contributed by atoms with Crippen LogP contribution in [0.1, 0.15) is 10.4 Å². The molecule has 0 saturated carbocycles. The first kappa shape index (κ1) is 12.5. The summed E-state index contributed by atoms with van der Waals surface area (Å²) in [6, 6.07) is 4.67. The molecular weight excluding hydrogens is 393 g/mol. The molecule has 6 heteroatoms. The van der Waals surface area contributed by atoms with E-state index in [4.69, 9.17) is 0 Å². The minimum Gasteiger partial charge on any atom is -0.169 e. The Labute approximate surface area is 104 Å². The predicted molar refractivity (Wildman–Crippen MR) is 59.6 cm³/mol. The van der Waals surface area contributed by atoms with Crippen LogP contribution in [-0.4, -0.2) is 6.18 Å². The average molecular weight is 397 g/mol. The molecule has 1 aromatic rings. The monoisotopic (exact) mass is 394 g/mol. The zero-order chi connectivity index (χ0) is 10.9. The van der Waals surface area contributed by atoms with Gasteiger partial charge >= 0.3 is 6.18 Å². The van der Waals surface area contributed by atoms with Gasteiger partial charge in [-0.05, 0) is 23.8 Å². The smallest absolute Gasteiger partial charge is 0.169 e. The van der Waals surface area contributed by atoms with Crippen molar-refractivity contribution in [3.63, 3.8) is 0 Å². The Morgan fingerprint density at radius 2 is 1.71 bits per heavy atom. The van der Waals surface area contributed by atoms with E-state index in [1.807, 2.05) is 0 Å². The van der Waals surface area contributed by atoms with Crippen LogP contribution >= 0.6 is 47.8 Å². The molecule has 0 aromatic heterocycles. The first-order valence-electron chi connectivity index (χ1n) is 3.48. The van der Waals surface area contributed by atoms with Crippen LogP contribution in [0.25, 0.3) is 0 Å². The Morgan fingerprint density at radius 1 is 1.14 bits per heavy atom. The van der Waals surface area contributed by atoms with Gasteiger partial charge in [-0.1, -0.05) is 47.8 Å². The van der Waals surface area contributed by atoms with Crippen LogP contribution in [0.4, 0.5) is 13.2 Å². The van der Waals surface area contributed by atoms with Gasteiger partial charge < -0.3 is 0 Å². The quantitative estimate of drug-likeness (QED) is 0.572. The van der Waals surface area contributed by atoms with Crippen molar-refractivity contribution in [2.24, 2.45) is 0 Å². The first-order chi connectivity index (χ1) is 6.32. The van der Waals surface area contributed by atoms with E-state index in [2.05, 4.69) is 47.8 Å². The fraction of sp³-hybridized carbons (Fsp3) is 0.250. The lowest BCUT2D eigenvalue weighted by Gasteiger charge is -2.15. The number of halogens is 6. The minimum atomic E-state index is -4.29. The molecule has 0 bridgehead atoms. The highest BCUT2D eigenvalue weighted by Crippen LogP contribution is 2.43. The second kappa shape index (κ2) is 4.53. The van der Waals surface area contributed by atoms with Gasteiger partial charge in [0.25, 0.3) is 0 Å². The predicted octanol–water partition coefficient (Wildman–Crippen LogP) is 5.21. The fourth-order valence-electron chi connectivity index (χ4n) is 0.885. The molecular formula is C8H4Br3F3. The van der Waals surface area contributed by atoms with Crippen LogP contribution in [-0.2, 0) is 0 Å². The maximum Gasteiger partial charge on any atom is 0.405 e. The van der Waals surface area contributed by atoms with Crippen molar-refractivity contribution in [2.75, 3.05) is 0 Å². The Hall–Kier alpha value is 0.450. The summed E-state index contributed by atoms with van der Waals surface area (Å²) in [6.07, 6.45) is -4.29. The molecule has 0 fully saturated rings. The maximum atomic E-state index is 12.4. The highest BCUT2D eigenvalue weighted by Gasteiger charge is 2.39. The van der Waals surface area contributed by atoms with Gasteiger partial charge in [-0.3, -0.25) is 0 Å². The summed E-state index contributed by atoms with van der Waals surface area (Å²) in [6.45, 7) is 0. The normalized spacial score (nSPS) is 14.1. The summed E-state index contributed by atoms with van der Waals surface area (Å²) < 4.78 is 38.1. The standard InChI is InChI=1S/C8H4Br3F3/c9-4-1-2-6(10)5(3-4)7(11)8(12,13)14/h1-3,7H. The second-order valence-corrected chi connectivity index (χ2v) is 5.26. The summed E-state index contributed by atoms with van der Waals surface area (Å²) in [4.78, 5) is -1.65. The molecule has 78 valence electrons. The summed E-state index contributed by atoms with van der Waals surface area (Å²) in [5.41, 5.74) is 0.159. The molecule has 0 heterocycles. The highest BCUT2D eigenvalue weighted by atomic mass is 79.9. The van der Waals surface area contributed by atoms with E-state index in [1.165, 1.54) is 6.07 Å². The van der Waals surface area contributed by atoms with Crippen molar-refractivity contribution < 1.29 is 13.2 Å². The molecule has 0 radical (unpaired) electrons. The Balaban J connectivity index is 3.12. The topological polar surface area (TPSA) is 0 Å². The van der Waals surface area contributed by atoms with Gasteiger partial charge in [0.05, 0.1) is 0 Å². The van der Waals surface area contributed by atoms with Crippen LogP contribution in [0.2, 0.25) is 0 Å². The molecule has 0 N–H and O–H groups in total. The van der Waals surface area contributed by atoms with Crippen molar-refractivity contribution in [1.82, 2.24) is 0 Å². The van der Waals surface area contributed by atoms with Crippen molar-refractivity contribution in [2.45, 2.75) is 11.0 Å². The number of benzene rings is 1. The van der Waals surface area contributed by atoms with Gasteiger partial charge in [-0.25, -0.2) is 0 Å². The molecule has 0 spiro atoms. The Kier molecular flexibility index (Phi) is 4.05. The van der Waals surface area contributed by atoms with E-state index in [1.54, 1.807) is 12.1 Å². The lowest BCUT2D eigenvalue weighted by atomic mass is 10.1. The van der Waals surface area contributed by atoms with Gasteiger partial charge in [0, 0.05) is 8.95 Å². The molecule has 1 rings (SSSR count). The zero-order valence-corrected chi connectivity index (χ0v) is 11.3. The first-order valence-corrected chi connectivity index (χ1v) is 5.98. The van der Waals surface area contributed by atoms with Crippen LogP contribution in [0.5, 0.6) is 0 Å². The molecule has 0 aliphatic rings. The molecule has 1 atom stereocenters. The van der Waals surface area contributed by atoms with Crippen molar-refractivity contribution >= 4 is 47.8 Å². The van der Waals surface area contributed by atoms with E-state index in [0.717, 1.165) is 0 Å². The number of alkyl halides is 4. The molecule has 0 aliphatic carbocycles. The third-order valence-electron chi connectivity index (χ3n) is 1.52. The van der Waals surface area contributed by atoms with Crippen LogP contribution in [0, 0.1) is 0 Å². The summed E-state index contributed by atoms with van der Waals surface area (Å²) in [5.74, 6) is 0. The fourth-order valence-corrected chi connectivity index (χ4v) is 2.43. The largest absolute Gasteiger partial charge is 0.405 e. The van der Waals surface area contributed by atoms with Crippen molar-refractivity contribution in [3.8, 4) is 0 Å². The average Bonchev–Trinajstić information content (AvgIpc) is 2.06. The molecule has 0 saturated heterocycles. The van der Waals surface area contributed by atoms with Crippen molar-refractivity contribution in [1.29, 1.82) is 0 Å². The number of hydrogen-bond donors (Lipinski definition) is 0. The third-order valence-corrected chi connectivity index (χ3v) is 3.75. The van der Waals surface area contributed by atoms with Crippen LogP contribution in [0.3, 0.4) is 0 Å². The Morgan fingerprint density at radius 3 is 2.21 bits per heavy atom. The molecule has 0 nitrogen and oxygen atoms in total. The second-order valence-electron chi connectivity index (χ2n) is 2.57. The van der Waals surface area contributed by atoms with E-state index >= 15 is 0 Å². The molecule has 1 unspecified atom stereocenters. The van der Waals surface area contributed by atoms with Gasteiger partial charge in [0.2, 0.25) is 0 Å². The molecule has 0 amide bonds. The lowest BCUT2D eigenvalue weighted by Crippen LogP contribution is -2.15. The summed E-state index contributed by atoms with van der Waals surface area (Å²) >= 11 is 8.81. The van der Waals surface area contributed by atoms with E-state index < -0.39 is 11.0 Å². The molecule has 1 aromatic carbocycles. The van der Waals surface area contributed by atoms with Crippen LogP contribution < -0.4 is 0 Å². The minimum absolute atomic E-state index is 0.159. The lowest BCUT2D eigenvalue weighted by molar-refractivity contribution is -0.128. The maximum absolute atomic E-state index is 12.4. The zero-order valence-electron chi connectivity index (χ0n) is 6.58. The van der Waals surface area contributed by atoms with Gasteiger partial charge in [-0.15, -0.1) is 0 Å². The highest BCUT2D eigenvalue weighted by molar-refractivity contribution is 9.11. The van der Waals surface area contributed by atoms with Gasteiger partial charge in [0.1, 0.15) is 4.83 Å². The Bertz CT molecular complexity index is 335. The van der Waals surface area contributed by atoms with Gasteiger partial charge in [0.15, 0.2) is 0 Å². The summed E-state index contributed by atoms with van der Waals surface area (Å²) in [5, 5.41) is 0. The number of rotatable bonds is 1. The third kappa shape index (κ3) is 2.97. The van der Waals surface area contributed by atoms with E-state index in [0.29, 0.717) is 8.95 Å². The molecule has 0 aliphatic heterocycles. The van der Waals surface area contributed by atoms with Gasteiger partial charge in [-0.2, -0.15) is 13.2 Å². The molecule has 14 heavy (non-hydrogen) atoms. The number of hydrogen-bond acceptors (Lipinski definition) is 0.